The van der Waals surface area contributed by atoms with E-state index in [4.69, 9.17) is 11.2 Å². The first-order valence-electron chi connectivity index (χ1n) is 10.2. The van der Waals surface area contributed by atoms with Crippen molar-refractivity contribution in [3.63, 3.8) is 0 Å². The van der Waals surface area contributed by atoms with Gasteiger partial charge in [0.05, 0.1) is 0 Å². The van der Waals surface area contributed by atoms with Crippen LogP contribution in [0.15, 0.2) is 48.5 Å². The van der Waals surface area contributed by atoms with Crippen LogP contribution in [0.2, 0.25) is 0 Å². The van der Waals surface area contributed by atoms with Crippen LogP contribution in [0.1, 0.15) is 43.5 Å². The zero-order valence-corrected chi connectivity index (χ0v) is 19.1. The summed E-state index contributed by atoms with van der Waals surface area (Å²) in [6.07, 6.45) is 4.90. The number of nitrogens with one attached hydrogen (secondary N) is 2. The van der Waals surface area contributed by atoms with Crippen LogP contribution in [0.4, 0.5) is 10.5 Å². The standard InChI is InChI=1S/C25H29N3O4/c1-7-28(21(29)16-26-24(31)32-25(4,5)6)22(19-13-10-11-17(2)15-19)23(30)27-20-14-9-8-12-18(20)3/h1,8-15,22H,16H2,2-6H3,(H,26,31)(H,27,30). The van der Waals surface area contributed by atoms with Gasteiger partial charge in [-0.05, 0) is 51.8 Å². The van der Waals surface area contributed by atoms with Crippen LogP contribution in [0.25, 0.3) is 0 Å². The van der Waals surface area contributed by atoms with E-state index < -0.39 is 36.1 Å². The summed E-state index contributed by atoms with van der Waals surface area (Å²) in [6.45, 7) is 8.47. The molecule has 0 radical (unpaired) electrons. The highest BCUT2D eigenvalue weighted by molar-refractivity contribution is 5.99. The molecule has 0 aliphatic rings. The van der Waals surface area contributed by atoms with E-state index in [0.29, 0.717) is 11.3 Å². The topological polar surface area (TPSA) is 87.7 Å². The van der Waals surface area contributed by atoms with Gasteiger partial charge in [0, 0.05) is 11.7 Å². The van der Waals surface area contributed by atoms with Gasteiger partial charge >= 0.3 is 6.09 Å². The molecule has 2 rings (SSSR count). The Kier molecular flexibility index (Phi) is 8.03. The molecule has 7 heteroatoms. The molecular formula is C25H29N3O4. The molecule has 1 atom stereocenters. The molecule has 0 aromatic heterocycles. The van der Waals surface area contributed by atoms with Crippen LogP contribution in [0.3, 0.4) is 0 Å². The Morgan fingerprint density at radius 3 is 2.38 bits per heavy atom. The van der Waals surface area contributed by atoms with E-state index in [1.807, 2.05) is 32.0 Å². The number of amides is 3. The average Bonchev–Trinajstić information content (AvgIpc) is 2.70. The van der Waals surface area contributed by atoms with Gasteiger partial charge < -0.3 is 15.4 Å². The fourth-order valence-corrected chi connectivity index (χ4v) is 3.01. The Balaban J connectivity index is 2.29. The molecule has 0 saturated heterocycles. The van der Waals surface area contributed by atoms with Crippen molar-refractivity contribution in [2.75, 3.05) is 11.9 Å². The second kappa shape index (κ2) is 10.5. The smallest absolute Gasteiger partial charge is 0.408 e. The number of rotatable bonds is 6. The number of carbonyl (C=O) groups excluding carboxylic acids is 3. The van der Waals surface area contributed by atoms with Gasteiger partial charge in [-0.1, -0.05) is 54.5 Å². The van der Waals surface area contributed by atoms with Crippen LogP contribution >= 0.6 is 0 Å². The summed E-state index contributed by atoms with van der Waals surface area (Å²) in [5.74, 6) is -1.08. The summed E-state index contributed by atoms with van der Waals surface area (Å²) in [7, 11) is 0. The lowest BCUT2D eigenvalue weighted by atomic mass is 10.0. The third-order valence-corrected chi connectivity index (χ3v) is 4.46. The van der Waals surface area contributed by atoms with Crippen molar-refractivity contribution in [1.82, 2.24) is 10.2 Å². The third-order valence-electron chi connectivity index (χ3n) is 4.46. The maximum Gasteiger partial charge on any atom is 0.408 e. The Hall–Kier alpha value is -3.79. The van der Waals surface area contributed by atoms with Gasteiger partial charge in [-0.25, -0.2) is 4.79 Å². The van der Waals surface area contributed by atoms with Crippen molar-refractivity contribution in [3.8, 4) is 12.5 Å². The minimum Gasteiger partial charge on any atom is -0.444 e. The zero-order chi connectivity index (χ0) is 23.9. The number of terminal acetylenes is 1. The van der Waals surface area contributed by atoms with Crippen LogP contribution < -0.4 is 10.6 Å². The van der Waals surface area contributed by atoms with Gasteiger partial charge in [0.15, 0.2) is 0 Å². The number of benzene rings is 2. The molecule has 0 saturated carbocycles. The normalized spacial score (nSPS) is 11.6. The molecular weight excluding hydrogens is 406 g/mol. The number of aryl methyl sites for hydroxylation is 2. The van der Waals surface area contributed by atoms with Crippen LogP contribution in [-0.2, 0) is 14.3 Å². The predicted molar refractivity (Wildman–Crippen MR) is 124 cm³/mol. The van der Waals surface area contributed by atoms with Crippen LogP contribution in [0.5, 0.6) is 0 Å². The number of carbonyl (C=O) groups is 3. The number of alkyl carbamates (subject to hydrolysis) is 1. The van der Waals surface area contributed by atoms with E-state index in [9.17, 15) is 14.4 Å². The lowest BCUT2D eigenvalue weighted by Crippen LogP contribution is -2.44. The summed E-state index contributed by atoms with van der Waals surface area (Å²) >= 11 is 0. The number of anilines is 1. The molecule has 32 heavy (non-hydrogen) atoms. The average molecular weight is 436 g/mol. The number of hydrogen-bond donors (Lipinski definition) is 2. The predicted octanol–water partition coefficient (Wildman–Crippen LogP) is 3.93. The first kappa shape index (κ1) is 24.5. The summed E-state index contributed by atoms with van der Waals surface area (Å²) < 4.78 is 5.15. The molecule has 0 fully saturated rings. The van der Waals surface area contributed by atoms with E-state index in [-0.39, 0.29) is 0 Å². The third kappa shape index (κ3) is 6.88. The maximum absolute atomic E-state index is 13.3. The van der Waals surface area contributed by atoms with E-state index in [1.165, 1.54) is 0 Å². The first-order valence-corrected chi connectivity index (χ1v) is 10.2. The Labute approximate surface area is 189 Å². The lowest BCUT2D eigenvalue weighted by molar-refractivity contribution is -0.134. The number of hydrogen-bond acceptors (Lipinski definition) is 4. The largest absolute Gasteiger partial charge is 0.444 e. The van der Waals surface area contributed by atoms with Crippen molar-refractivity contribution in [1.29, 1.82) is 0 Å². The molecule has 0 aliphatic carbocycles. The van der Waals surface area contributed by atoms with Gasteiger partial charge in [0.2, 0.25) is 0 Å². The minimum atomic E-state index is -1.09. The molecule has 0 spiro atoms. The van der Waals surface area contributed by atoms with Crippen molar-refractivity contribution >= 4 is 23.6 Å². The van der Waals surface area contributed by atoms with E-state index in [0.717, 1.165) is 16.0 Å². The summed E-state index contributed by atoms with van der Waals surface area (Å²) in [5.41, 5.74) is 2.24. The maximum atomic E-state index is 13.3. The molecule has 2 N–H and O–H groups in total. The Bertz CT molecular complexity index is 1030. The highest BCUT2D eigenvalue weighted by atomic mass is 16.6. The zero-order valence-electron chi connectivity index (χ0n) is 19.1. The van der Waals surface area contributed by atoms with Crippen LogP contribution in [0, 0.1) is 26.3 Å². The molecule has 1 unspecified atom stereocenters. The quantitative estimate of drug-likeness (QED) is 0.532. The van der Waals surface area contributed by atoms with Gasteiger partial charge in [0.25, 0.3) is 11.8 Å². The number of ether oxygens (including phenoxy) is 1. The fourth-order valence-electron chi connectivity index (χ4n) is 3.01. The van der Waals surface area contributed by atoms with Crippen molar-refractivity contribution in [3.05, 3.63) is 65.2 Å². The van der Waals surface area contributed by atoms with Crippen molar-refractivity contribution in [2.45, 2.75) is 46.3 Å². The molecule has 0 aliphatic heterocycles. The molecule has 0 bridgehead atoms. The molecule has 168 valence electrons. The number of nitrogens with zero attached hydrogens (tertiary/aromatic N) is 1. The molecule has 2 aromatic rings. The Morgan fingerprint density at radius 1 is 1.09 bits per heavy atom. The summed E-state index contributed by atoms with van der Waals surface area (Å²) in [5, 5.41) is 5.24. The van der Waals surface area contributed by atoms with E-state index >= 15 is 0 Å². The number of para-hydroxylation sites is 1. The monoisotopic (exact) mass is 435 g/mol. The SMILES string of the molecule is C#CN(C(=O)CNC(=O)OC(C)(C)C)C(C(=O)Nc1ccccc1C)c1cccc(C)c1. The molecule has 7 nitrogen and oxygen atoms in total. The molecule has 0 heterocycles. The summed E-state index contributed by atoms with van der Waals surface area (Å²) in [6, 6.07) is 15.7. The van der Waals surface area contributed by atoms with E-state index in [1.54, 1.807) is 51.1 Å². The molecule has 2 aromatic carbocycles. The highest BCUT2D eigenvalue weighted by Gasteiger charge is 2.31. The van der Waals surface area contributed by atoms with Gasteiger partial charge in [-0.15, -0.1) is 0 Å². The summed E-state index contributed by atoms with van der Waals surface area (Å²) in [4.78, 5) is 39.1. The van der Waals surface area contributed by atoms with E-state index in [2.05, 4.69) is 16.7 Å². The molecule has 3 amide bonds. The van der Waals surface area contributed by atoms with Gasteiger partial charge in [0.1, 0.15) is 18.2 Å². The minimum absolute atomic E-state index is 0.418. The first-order chi connectivity index (χ1) is 15.0. The second-order valence-electron chi connectivity index (χ2n) is 8.37. The van der Waals surface area contributed by atoms with Gasteiger partial charge in [-0.2, -0.15) is 0 Å². The van der Waals surface area contributed by atoms with Crippen molar-refractivity contribution in [2.24, 2.45) is 0 Å². The lowest BCUT2D eigenvalue weighted by Gasteiger charge is -2.27. The fraction of sp³-hybridized carbons (Fsp3) is 0.320. The van der Waals surface area contributed by atoms with Crippen molar-refractivity contribution < 1.29 is 19.1 Å². The van der Waals surface area contributed by atoms with Crippen LogP contribution in [-0.4, -0.2) is 35.0 Å². The van der Waals surface area contributed by atoms with Gasteiger partial charge in [-0.3, -0.25) is 14.5 Å². The Morgan fingerprint density at radius 2 is 1.78 bits per heavy atom. The highest BCUT2D eigenvalue weighted by Crippen LogP contribution is 2.25. The second-order valence-corrected chi connectivity index (χ2v) is 8.37.